The van der Waals surface area contributed by atoms with Crippen molar-refractivity contribution in [1.29, 1.82) is 0 Å². The van der Waals surface area contributed by atoms with Crippen LogP contribution in [0.2, 0.25) is 0 Å². The molecule has 1 aromatic carbocycles. The molecule has 1 aliphatic heterocycles. The van der Waals surface area contributed by atoms with E-state index in [0.29, 0.717) is 12.2 Å². The van der Waals surface area contributed by atoms with Gasteiger partial charge in [-0.1, -0.05) is 12.1 Å². The van der Waals surface area contributed by atoms with Crippen LogP contribution in [0.5, 0.6) is 0 Å². The molecule has 1 aromatic heterocycles. The van der Waals surface area contributed by atoms with Crippen LogP contribution in [0, 0.1) is 5.82 Å². The maximum absolute atomic E-state index is 14.2. The second kappa shape index (κ2) is 6.90. The van der Waals surface area contributed by atoms with Crippen LogP contribution in [0.4, 0.5) is 8.78 Å². The van der Waals surface area contributed by atoms with Crippen LogP contribution in [0.25, 0.3) is 0 Å². The van der Waals surface area contributed by atoms with Crippen molar-refractivity contribution in [2.75, 3.05) is 6.54 Å². The Kier molecular flexibility index (Phi) is 4.44. The fraction of sp³-hybridized carbons (Fsp3) is 0.368. The number of benzene rings is 1. The maximum Gasteiger partial charge on any atom is 0.137 e. The molecule has 2 aromatic rings. The summed E-state index contributed by atoms with van der Waals surface area (Å²) in [6.45, 7) is 0.561. The molecular formula is C19H21F2N5. The number of nitrogens with zero attached hydrogens (tertiary/aromatic N) is 4. The standard InChI is InChI=1S/C19H21F2N5/c20-15-3-1-13(2-4-15)14-7-18(19(8-14)26-12-23-11-24-26)25-6-5-17(22)9-16(21)10-25/h1-5,10-12,14,18-19H,6-9,22H2. The first-order chi connectivity index (χ1) is 12.6. The van der Waals surface area contributed by atoms with E-state index >= 15 is 0 Å². The molecular weight excluding hydrogens is 336 g/mol. The van der Waals surface area contributed by atoms with E-state index in [1.54, 1.807) is 12.5 Å². The van der Waals surface area contributed by atoms with E-state index in [1.165, 1.54) is 18.5 Å². The van der Waals surface area contributed by atoms with Gasteiger partial charge in [0.05, 0.1) is 12.1 Å². The van der Waals surface area contributed by atoms with E-state index in [0.717, 1.165) is 18.4 Å². The van der Waals surface area contributed by atoms with E-state index < -0.39 is 0 Å². The number of aromatic nitrogens is 3. The molecule has 3 atom stereocenters. The molecule has 2 aliphatic rings. The second-order valence-corrected chi connectivity index (χ2v) is 6.96. The zero-order valence-electron chi connectivity index (χ0n) is 14.3. The second-order valence-electron chi connectivity index (χ2n) is 6.96. The molecule has 0 amide bonds. The molecule has 7 heteroatoms. The van der Waals surface area contributed by atoms with Crippen LogP contribution in [-0.4, -0.2) is 32.3 Å². The Hall–Kier alpha value is -2.70. The highest BCUT2D eigenvalue weighted by Crippen LogP contribution is 2.43. The van der Waals surface area contributed by atoms with Gasteiger partial charge in [-0.2, -0.15) is 5.10 Å². The van der Waals surface area contributed by atoms with Crippen LogP contribution >= 0.6 is 0 Å². The van der Waals surface area contributed by atoms with Crippen molar-refractivity contribution < 1.29 is 8.78 Å². The number of rotatable bonds is 3. The van der Waals surface area contributed by atoms with Crippen molar-refractivity contribution in [2.24, 2.45) is 5.73 Å². The van der Waals surface area contributed by atoms with Crippen molar-refractivity contribution in [3.8, 4) is 0 Å². The van der Waals surface area contributed by atoms with Gasteiger partial charge in [-0.05, 0) is 42.5 Å². The van der Waals surface area contributed by atoms with E-state index in [1.807, 2.05) is 27.8 Å². The van der Waals surface area contributed by atoms with E-state index in [2.05, 4.69) is 10.1 Å². The van der Waals surface area contributed by atoms with Crippen molar-refractivity contribution >= 4 is 0 Å². The summed E-state index contributed by atoms with van der Waals surface area (Å²) < 4.78 is 29.3. The van der Waals surface area contributed by atoms with E-state index in [4.69, 9.17) is 5.73 Å². The Morgan fingerprint density at radius 3 is 2.58 bits per heavy atom. The molecule has 2 heterocycles. The third-order valence-electron chi connectivity index (χ3n) is 5.28. The molecule has 4 rings (SSSR count). The smallest absolute Gasteiger partial charge is 0.137 e. The number of hydrogen-bond acceptors (Lipinski definition) is 4. The summed E-state index contributed by atoms with van der Waals surface area (Å²) in [5, 5.41) is 4.31. The minimum Gasteiger partial charge on any atom is -0.402 e. The SMILES string of the molecule is NC1=CCN(C2CC(c3ccc(F)cc3)CC2n2cncn2)C=C(F)C1. The van der Waals surface area contributed by atoms with Gasteiger partial charge in [-0.15, -0.1) is 0 Å². The number of hydrogen-bond donors (Lipinski definition) is 1. The number of nitrogens with two attached hydrogens (primary N) is 1. The zero-order valence-corrected chi connectivity index (χ0v) is 14.3. The summed E-state index contributed by atoms with van der Waals surface area (Å²) in [5.74, 6) is -0.232. The van der Waals surface area contributed by atoms with Gasteiger partial charge in [0.15, 0.2) is 0 Å². The van der Waals surface area contributed by atoms with Crippen LogP contribution in [0.3, 0.4) is 0 Å². The van der Waals surface area contributed by atoms with E-state index in [9.17, 15) is 8.78 Å². The predicted octanol–water partition coefficient (Wildman–Crippen LogP) is 3.26. The molecule has 2 N–H and O–H groups in total. The van der Waals surface area contributed by atoms with Crippen molar-refractivity contribution in [3.05, 3.63) is 72.1 Å². The van der Waals surface area contributed by atoms with Gasteiger partial charge in [0, 0.05) is 24.9 Å². The first kappa shape index (κ1) is 16.8. The van der Waals surface area contributed by atoms with Gasteiger partial charge in [0.1, 0.15) is 24.3 Å². The Bertz CT molecular complexity index is 813. The third kappa shape index (κ3) is 3.34. The normalized spacial score (nSPS) is 26.4. The zero-order chi connectivity index (χ0) is 18.1. The summed E-state index contributed by atoms with van der Waals surface area (Å²) in [4.78, 5) is 6.07. The average Bonchev–Trinajstić information content (AvgIpc) is 3.25. The number of allylic oxidation sites excluding steroid dienone is 1. The lowest BCUT2D eigenvalue weighted by atomic mass is 9.97. The highest BCUT2D eigenvalue weighted by atomic mass is 19.1. The minimum absolute atomic E-state index is 0.0552. The van der Waals surface area contributed by atoms with E-state index in [-0.39, 0.29) is 36.1 Å². The summed E-state index contributed by atoms with van der Waals surface area (Å²) in [5.41, 5.74) is 7.48. The summed E-state index contributed by atoms with van der Waals surface area (Å²) >= 11 is 0. The van der Waals surface area contributed by atoms with Gasteiger partial charge in [-0.3, -0.25) is 0 Å². The van der Waals surface area contributed by atoms with Crippen molar-refractivity contribution in [2.45, 2.75) is 37.3 Å². The predicted molar refractivity (Wildman–Crippen MR) is 94.0 cm³/mol. The molecule has 0 saturated heterocycles. The first-order valence-corrected chi connectivity index (χ1v) is 8.76. The quantitative estimate of drug-likeness (QED) is 0.916. The molecule has 0 radical (unpaired) electrons. The summed E-state index contributed by atoms with van der Waals surface area (Å²) in [6.07, 6.45) is 8.47. The largest absolute Gasteiger partial charge is 0.402 e. The van der Waals surface area contributed by atoms with Gasteiger partial charge in [-0.25, -0.2) is 18.4 Å². The van der Waals surface area contributed by atoms with Crippen LogP contribution in [0.1, 0.15) is 36.8 Å². The maximum atomic E-state index is 14.2. The summed E-state index contributed by atoms with van der Waals surface area (Å²) in [6, 6.07) is 6.75. The molecule has 0 bridgehead atoms. The Morgan fingerprint density at radius 1 is 1.08 bits per heavy atom. The lowest BCUT2D eigenvalue weighted by molar-refractivity contribution is 0.230. The molecule has 5 nitrogen and oxygen atoms in total. The Balaban J connectivity index is 1.64. The Labute approximate surface area is 150 Å². The number of halogens is 2. The van der Waals surface area contributed by atoms with Gasteiger partial charge in [0.25, 0.3) is 0 Å². The average molecular weight is 357 g/mol. The minimum atomic E-state index is -0.241. The highest BCUT2D eigenvalue weighted by Gasteiger charge is 2.39. The fourth-order valence-electron chi connectivity index (χ4n) is 4.03. The lowest BCUT2D eigenvalue weighted by Crippen LogP contribution is -2.35. The molecule has 0 spiro atoms. The first-order valence-electron chi connectivity index (χ1n) is 8.76. The molecule has 1 saturated carbocycles. The van der Waals surface area contributed by atoms with Crippen LogP contribution in [-0.2, 0) is 0 Å². The van der Waals surface area contributed by atoms with Crippen LogP contribution < -0.4 is 5.73 Å². The lowest BCUT2D eigenvalue weighted by Gasteiger charge is -2.30. The molecule has 136 valence electrons. The molecule has 26 heavy (non-hydrogen) atoms. The fourth-order valence-corrected chi connectivity index (χ4v) is 4.03. The van der Waals surface area contributed by atoms with Crippen molar-refractivity contribution in [1.82, 2.24) is 19.7 Å². The Morgan fingerprint density at radius 2 is 1.85 bits per heavy atom. The monoisotopic (exact) mass is 357 g/mol. The van der Waals surface area contributed by atoms with Crippen LogP contribution in [0.15, 0.2) is 60.7 Å². The van der Waals surface area contributed by atoms with Crippen molar-refractivity contribution in [3.63, 3.8) is 0 Å². The summed E-state index contributed by atoms with van der Waals surface area (Å²) in [7, 11) is 0. The highest BCUT2D eigenvalue weighted by molar-refractivity contribution is 5.24. The molecule has 1 aliphatic carbocycles. The third-order valence-corrected chi connectivity index (χ3v) is 5.28. The van der Waals surface area contributed by atoms with Gasteiger partial charge < -0.3 is 10.6 Å². The van der Waals surface area contributed by atoms with Gasteiger partial charge in [0.2, 0.25) is 0 Å². The van der Waals surface area contributed by atoms with Gasteiger partial charge >= 0.3 is 0 Å². The molecule has 3 unspecified atom stereocenters. The molecule has 1 fully saturated rings. The topological polar surface area (TPSA) is 60.0 Å².